The number of rotatable bonds is 4. The Balaban J connectivity index is 1.97. The first kappa shape index (κ1) is 14.6. The van der Waals surface area contributed by atoms with Crippen LogP contribution in [0.15, 0.2) is 12.1 Å². The zero-order chi connectivity index (χ0) is 13.8. The standard InChI is InChI=1S/C14H23ClN4/c1-11(2)10-18-5-7-19(8-6-18)14-4-3-12(15)13(9-16)17-14/h3-4,11H,5-10,16H2,1-2H3. The molecule has 0 bridgehead atoms. The van der Waals surface area contributed by atoms with Crippen LogP contribution in [0.5, 0.6) is 0 Å². The molecule has 0 aliphatic carbocycles. The van der Waals surface area contributed by atoms with Gasteiger partial charge in [-0.05, 0) is 18.1 Å². The van der Waals surface area contributed by atoms with E-state index in [-0.39, 0.29) is 0 Å². The monoisotopic (exact) mass is 282 g/mol. The maximum absolute atomic E-state index is 6.05. The maximum atomic E-state index is 6.05. The van der Waals surface area contributed by atoms with Gasteiger partial charge < -0.3 is 10.6 Å². The Hall–Kier alpha value is -0.840. The number of nitrogens with zero attached hydrogens (tertiary/aromatic N) is 3. The van der Waals surface area contributed by atoms with E-state index in [1.165, 1.54) is 6.54 Å². The summed E-state index contributed by atoms with van der Waals surface area (Å²) >= 11 is 6.05. The lowest BCUT2D eigenvalue weighted by atomic mass is 10.2. The highest BCUT2D eigenvalue weighted by atomic mass is 35.5. The molecular weight excluding hydrogens is 260 g/mol. The third-order valence-electron chi connectivity index (χ3n) is 3.42. The van der Waals surface area contributed by atoms with Gasteiger partial charge in [0.05, 0.1) is 10.7 Å². The highest BCUT2D eigenvalue weighted by molar-refractivity contribution is 6.31. The van der Waals surface area contributed by atoms with Crippen molar-refractivity contribution in [3.8, 4) is 0 Å². The molecule has 0 aromatic carbocycles. The summed E-state index contributed by atoms with van der Waals surface area (Å²) in [6.07, 6.45) is 0. The van der Waals surface area contributed by atoms with Gasteiger partial charge in [-0.2, -0.15) is 0 Å². The lowest BCUT2D eigenvalue weighted by Crippen LogP contribution is -2.47. The van der Waals surface area contributed by atoms with Gasteiger partial charge in [-0.15, -0.1) is 0 Å². The van der Waals surface area contributed by atoms with Crippen molar-refractivity contribution in [2.24, 2.45) is 11.7 Å². The molecule has 0 unspecified atom stereocenters. The second-order valence-corrected chi connectivity index (χ2v) is 5.89. The van der Waals surface area contributed by atoms with Crippen molar-refractivity contribution in [1.29, 1.82) is 0 Å². The van der Waals surface area contributed by atoms with Crippen molar-refractivity contribution in [2.45, 2.75) is 20.4 Å². The summed E-state index contributed by atoms with van der Waals surface area (Å²) in [5, 5.41) is 0.657. The van der Waals surface area contributed by atoms with E-state index in [0.29, 0.717) is 11.6 Å². The van der Waals surface area contributed by atoms with Gasteiger partial charge >= 0.3 is 0 Å². The molecule has 1 aliphatic heterocycles. The Labute approximate surface area is 120 Å². The zero-order valence-corrected chi connectivity index (χ0v) is 12.5. The minimum absolute atomic E-state index is 0.389. The van der Waals surface area contributed by atoms with E-state index in [1.807, 2.05) is 12.1 Å². The Morgan fingerprint density at radius 3 is 2.53 bits per heavy atom. The summed E-state index contributed by atoms with van der Waals surface area (Å²) in [6, 6.07) is 3.88. The van der Waals surface area contributed by atoms with Crippen LogP contribution in [-0.4, -0.2) is 42.6 Å². The quantitative estimate of drug-likeness (QED) is 0.917. The number of hydrogen-bond acceptors (Lipinski definition) is 4. The van der Waals surface area contributed by atoms with Crippen LogP contribution < -0.4 is 10.6 Å². The first-order chi connectivity index (χ1) is 9.10. The number of aromatic nitrogens is 1. The predicted molar refractivity (Wildman–Crippen MR) is 80.6 cm³/mol. The van der Waals surface area contributed by atoms with Crippen LogP contribution in [0.1, 0.15) is 19.5 Å². The van der Waals surface area contributed by atoms with Crippen LogP contribution in [0.4, 0.5) is 5.82 Å². The number of hydrogen-bond donors (Lipinski definition) is 1. The molecule has 1 saturated heterocycles. The van der Waals surface area contributed by atoms with E-state index < -0.39 is 0 Å². The van der Waals surface area contributed by atoms with Gasteiger partial charge in [-0.25, -0.2) is 4.98 Å². The predicted octanol–water partition coefficient (Wildman–Crippen LogP) is 1.97. The van der Waals surface area contributed by atoms with Gasteiger partial charge in [0, 0.05) is 39.3 Å². The largest absolute Gasteiger partial charge is 0.354 e. The average Bonchev–Trinajstić information content (AvgIpc) is 2.40. The van der Waals surface area contributed by atoms with E-state index in [1.54, 1.807) is 0 Å². The molecule has 2 rings (SSSR count). The summed E-state index contributed by atoms with van der Waals surface area (Å²) in [5.74, 6) is 1.72. The number of nitrogens with two attached hydrogens (primary N) is 1. The molecule has 0 amide bonds. The molecule has 5 heteroatoms. The highest BCUT2D eigenvalue weighted by Crippen LogP contribution is 2.20. The van der Waals surface area contributed by atoms with Crippen molar-refractivity contribution in [3.63, 3.8) is 0 Å². The summed E-state index contributed by atoms with van der Waals surface area (Å²) in [5.41, 5.74) is 6.43. The van der Waals surface area contributed by atoms with Gasteiger partial charge in [0.15, 0.2) is 0 Å². The molecular formula is C14H23ClN4. The Bertz CT molecular complexity index is 414. The summed E-state index contributed by atoms with van der Waals surface area (Å²) in [6.45, 7) is 10.3. The van der Waals surface area contributed by atoms with Gasteiger partial charge in [0.25, 0.3) is 0 Å². The number of pyridine rings is 1. The Morgan fingerprint density at radius 2 is 1.95 bits per heavy atom. The smallest absolute Gasteiger partial charge is 0.129 e. The van der Waals surface area contributed by atoms with Crippen LogP contribution in [0.25, 0.3) is 0 Å². The molecule has 0 radical (unpaired) electrons. The fraction of sp³-hybridized carbons (Fsp3) is 0.643. The van der Waals surface area contributed by atoms with Gasteiger partial charge in [0.1, 0.15) is 5.82 Å². The van der Waals surface area contributed by atoms with Crippen LogP contribution in [0.3, 0.4) is 0 Å². The molecule has 1 aliphatic rings. The minimum Gasteiger partial charge on any atom is -0.354 e. The van der Waals surface area contributed by atoms with E-state index in [9.17, 15) is 0 Å². The van der Waals surface area contributed by atoms with Crippen molar-refractivity contribution in [2.75, 3.05) is 37.6 Å². The van der Waals surface area contributed by atoms with Crippen LogP contribution in [0.2, 0.25) is 5.02 Å². The third kappa shape index (κ3) is 3.81. The maximum Gasteiger partial charge on any atom is 0.129 e. The molecule has 4 nitrogen and oxygen atoms in total. The van der Waals surface area contributed by atoms with Crippen molar-refractivity contribution >= 4 is 17.4 Å². The fourth-order valence-corrected chi connectivity index (χ4v) is 2.65. The Kier molecular flexibility index (Phi) is 5.02. The third-order valence-corrected chi connectivity index (χ3v) is 3.76. The zero-order valence-electron chi connectivity index (χ0n) is 11.8. The van der Waals surface area contributed by atoms with Crippen LogP contribution in [-0.2, 0) is 6.54 Å². The number of anilines is 1. The summed E-state index contributed by atoms with van der Waals surface area (Å²) in [7, 11) is 0. The highest BCUT2D eigenvalue weighted by Gasteiger charge is 2.19. The first-order valence-corrected chi connectivity index (χ1v) is 7.30. The molecule has 2 heterocycles. The summed E-state index contributed by atoms with van der Waals surface area (Å²) in [4.78, 5) is 9.38. The molecule has 1 fully saturated rings. The SMILES string of the molecule is CC(C)CN1CCN(c2ccc(Cl)c(CN)n2)CC1. The second kappa shape index (κ2) is 6.55. The van der Waals surface area contributed by atoms with Gasteiger partial charge in [-0.1, -0.05) is 25.4 Å². The normalized spacial score (nSPS) is 17.2. The average molecular weight is 283 g/mol. The molecule has 0 saturated carbocycles. The van der Waals surface area contributed by atoms with E-state index >= 15 is 0 Å². The molecule has 106 valence electrons. The fourth-order valence-electron chi connectivity index (χ4n) is 2.47. The number of halogens is 1. The molecule has 2 N–H and O–H groups in total. The second-order valence-electron chi connectivity index (χ2n) is 5.48. The molecule has 1 aromatic rings. The van der Waals surface area contributed by atoms with E-state index in [0.717, 1.165) is 43.6 Å². The van der Waals surface area contributed by atoms with Gasteiger partial charge in [0.2, 0.25) is 0 Å². The molecule has 0 atom stereocenters. The Morgan fingerprint density at radius 1 is 1.26 bits per heavy atom. The lowest BCUT2D eigenvalue weighted by Gasteiger charge is -2.36. The minimum atomic E-state index is 0.389. The molecule has 19 heavy (non-hydrogen) atoms. The van der Waals surface area contributed by atoms with Crippen molar-refractivity contribution in [1.82, 2.24) is 9.88 Å². The van der Waals surface area contributed by atoms with E-state index in [4.69, 9.17) is 17.3 Å². The van der Waals surface area contributed by atoms with Crippen LogP contribution in [0, 0.1) is 5.92 Å². The molecule has 1 aromatic heterocycles. The van der Waals surface area contributed by atoms with Crippen LogP contribution >= 0.6 is 11.6 Å². The number of piperazine rings is 1. The van der Waals surface area contributed by atoms with Gasteiger partial charge in [-0.3, -0.25) is 4.90 Å². The molecule has 0 spiro atoms. The lowest BCUT2D eigenvalue weighted by molar-refractivity contribution is 0.231. The van der Waals surface area contributed by atoms with E-state index in [2.05, 4.69) is 28.6 Å². The first-order valence-electron chi connectivity index (χ1n) is 6.93. The summed E-state index contributed by atoms with van der Waals surface area (Å²) < 4.78 is 0. The topological polar surface area (TPSA) is 45.4 Å². The van der Waals surface area contributed by atoms with Crippen molar-refractivity contribution < 1.29 is 0 Å². The van der Waals surface area contributed by atoms with Crippen molar-refractivity contribution in [3.05, 3.63) is 22.8 Å².